The maximum atomic E-state index is 6.43. The predicted octanol–water partition coefficient (Wildman–Crippen LogP) is 9.60. The average Bonchev–Trinajstić information content (AvgIpc) is 4.07. The van der Waals surface area contributed by atoms with Crippen LogP contribution in [0.1, 0.15) is 0 Å². The van der Waals surface area contributed by atoms with Crippen molar-refractivity contribution in [1.82, 2.24) is 28.5 Å². The zero-order chi connectivity index (χ0) is 40.1. The van der Waals surface area contributed by atoms with Gasteiger partial charge in [-0.15, -0.1) is 0 Å². The van der Waals surface area contributed by atoms with Gasteiger partial charge in [0.2, 0.25) is 13.9 Å². The first-order chi connectivity index (χ1) is 30.3. The van der Waals surface area contributed by atoms with Gasteiger partial charge in [-0.1, -0.05) is 152 Å². The number of imidazole rings is 2. The molecule has 286 valence electrons. The summed E-state index contributed by atoms with van der Waals surface area (Å²) >= 11 is 0. The number of aromatic nitrogens is 6. The minimum absolute atomic E-state index is 0.738. The van der Waals surface area contributed by atoms with Gasteiger partial charge >= 0.3 is 0 Å². The normalized spacial score (nSPS) is 12.3. The molecular weight excluding hydrogens is 765 g/mol. The molecule has 13 aromatic rings. The first kappa shape index (κ1) is 33.9. The van der Waals surface area contributed by atoms with Crippen molar-refractivity contribution in [3.8, 4) is 11.6 Å². The Morgan fingerprint density at radius 2 is 0.885 bits per heavy atom. The predicted molar refractivity (Wildman–Crippen MR) is 250 cm³/mol. The summed E-state index contributed by atoms with van der Waals surface area (Å²) in [6.07, 6.45) is 0. The zero-order valence-corrected chi connectivity index (χ0v) is 33.7. The van der Waals surface area contributed by atoms with Crippen molar-refractivity contribution in [2.75, 3.05) is 0 Å². The quantitative estimate of drug-likeness (QED) is 0.124. The highest BCUT2D eigenvalue weighted by molar-refractivity contribution is 7.19. The number of hydrogen-bond donors (Lipinski definition) is 0. The number of rotatable bonds is 6. The number of benzene rings is 8. The van der Waals surface area contributed by atoms with Crippen molar-refractivity contribution in [1.29, 1.82) is 0 Å². The molecule has 0 atom stereocenters. The molecule has 0 amide bonds. The molecule has 7 nitrogen and oxygen atoms in total. The molecule has 0 radical (unpaired) electrons. The molecule has 5 aromatic heterocycles. The Bertz CT molecular complexity index is 3750. The molecule has 0 bridgehead atoms. The molecule has 0 unspecified atom stereocenters. The first-order valence-corrected chi connectivity index (χ1v) is 22.5. The summed E-state index contributed by atoms with van der Waals surface area (Å²) in [5.41, 5.74) is 8.65. The topological polar surface area (TPSA) is 66.1 Å². The van der Waals surface area contributed by atoms with E-state index >= 15 is 0 Å². The summed E-state index contributed by atoms with van der Waals surface area (Å²) < 4.78 is 13.2. The van der Waals surface area contributed by atoms with Gasteiger partial charge < -0.3 is 4.42 Å². The Hall–Kier alpha value is -8.07. The van der Waals surface area contributed by atoms with Crippen LogP contribution in [0.5, 0.6) is 0 Å². The third kappa shape index (κ3) is 4.82. The van der Waals surface area contributed by atoms with Gasteiger partial charge in [0, 0.05) is 27.6 Å². The maximum absolute atomic E-state index is 6.43. The van der Waals surface area contributed by atoms with Gasteiger partial charge in [0.05, 0.1) is 33.1 Å². The largest absolute Gasteiger partial charge is 0.456 e. The molecule has 0 aliphatic carbocycles. The Balaban J connectivity index is 1.23. The number of hydrogen-bond acceptors (Lipinski definition) is 4. The highest BCUT2D eigenvalue weighted by Crippen LogP contribution is 2.34. The van der Waals surface area contributed by atoms with Crippen LogP contribution in [0, 0.1) is 0 Å². The number of furan rings is 1. The van der Waals surface area contributed by atoms with Gasteiger partial charge in [0.15, 0.2) is 0 Å². The van der Waals surface area contributed by atoms with Gasteiger partial charge in [0.25, 0.3) is 0 Å². The maximum Gasteiger partial charge on any atom is 0.226 e. The fraction of sp³-hybridized carbons (Fsp3) is 0. The van der Waals surface area contributed by atoms with Gasteiger partial charge in [-0.2, -0.15) is 0 Å². The second kappa shape index (κ2) is 13.0. The minimum Gasteiger partial charge on any atom is -0.456 e. The van der Waals surface area contributed by atoms with Crippen molar-refractivity contribution in [2.45, 2.75) is 0 Å². The van der Waals surface area contributed by atoms with Crippen LogP contribution in [-0.2, 0) is 0 Å². The molecule has 61 heavy (non-hydrogen) atoms. The number of para-hydroxylation sites is 7. The number of nitrogens with zero attached hydrogens (tertiary/aromatic N) is 6. The molecule has 0 saturated heterocycles. The van der Waals surface area contributed by atoms with Gasteiger partial charge in [-0.25, -0.2) is 15.0 Å². The van der Waals surface area contributed by atoms with Crippen LogP contribution in [0.2, 0.25) is 0 Å². The van der Waals surface area contributed by atoms with Crippen molar-refractivity contribution >= 4 is 101 Å². The molecule has 0 aliphatic heterocycles. The molecule has 5 heterocycles. The van der Waals surface area contributed by atoms with E-state index in [-0.39, 0.29) is 0 Å². The third-order valence-corrected chi connectivity index (χ3v) is 16.9. The van der Waals surface area contributed by atoms with Crippen LogP contribution in [0.25, 0.3) is 83.2 Å². The summed E-state index contributed by atoms with van der Waals surface area (Å²) in [5.74, 6) is 2.31. The second-order valence-electron chi connectivity index (χ2n) is 15.6. The van der Waals surface area contributed by atoms with Crippen LogP contribution in [0.15, 0.2) is 211 Å². The fourth-order valence-corrected chi connectivity index (χ4v) is 14.2. The molecular formula is C53H34N6OSi. The zero-order valence-electron chi connectivity index (χ0n) is 32.7. The standard InChI is InChI=1S/C53H34N6OSi/c1-3-17-35(18-4-1)61(36-19-5-2-6-20-36,37-31-32-49-41(33-37)40-23-9-16-30-48(40)60-49)52-55-50(57-43-25-11-7-21-38(43)39-22-8-12-26-44(39)57)34-51(56-52)59-47-29-15-14-28-46(47)58-45-27-13-10-24-42(45)54-53(58)59/h1-34H. The average molecular weight is 799 g/mol. The Morgan fingerprint density at radius 3 is 1.57 bits per heavy atom. The first-order valence-electron chi connectivity index (χ1n) is 20.5. The lowest BCUT2D eigenvalue weighted by atomic mass is 10.1. The van der Waals surface area contributed by atoms with Crippen molar-refractivity contribution in [3.05, 3.63) is 206 Å². The van der Waals surface area contributed by atoms with Crippen LogP contribution >= 0.6 is 0 Å². The lowest BCUT2D eigenvalue weighted by Gasteiger charge is -2.32. The molecule has 0 N–H and O–H groups in total. The van der Waals surface area contributed by atoms with E-state index < -0.39 is 8.07 Å². The van der Waals surface area contributed by atoms with E-state index in [0.29, 0.717) is 0 Å². The highest BCUT2D eigenvalue weighted by Gasteiger charge is 2.46. The molecule has 0 spiro atoms. The molecule has 8 aromatic carbocycles. The van der Waals surface area contributed by atoms with Gasteiger partial charge in [-0.05, 0) is 64.1 Å². The molecule has 0 aliphatic rings. The second-order valence-corrected chi connectivity index (χ2v) is 19.3. The summed E-state index contributed by atoms with van der Waals surface area (Å²) in [5, 5.41) is 7.98. The molecule has 8 heteroatoms. The fourth-order valence-electron chi connectivity index (χ4n) is 9.79. The van der Waals surface area contributed by atoms with Crippen LogP contribution in [-0.4, -0.2) is 36.6 Å². The molecule has 0 saturated carbocycles. The third-order valence-electron chi connectivity index (χ3n) is 12.4. The Labute approximate surface area is 350 Å². The van der Waals surface area contributed by atoms with Gasteiger partial charge in [-0.3, -0.25) is 13.5 Å². The highest BCUT2D eigenvalue weighted by atomic mass is 28.3. The van der Waals surface area contributed by atoms with E-state index in [1.165, 1.54) is 21.1 Å². The minimum atomic E-state index is -3.39. The summed E-state index contributed by atoms with van der Waals surface area (Å²) in [6.45, 7) is 0. The Morgan fingerprint density at radius 1 is 0.361 bits per heavy atom. The smallest absolute Gasteiger partial charge is 0.226 e. The van der Waals surface area contributed by atoms with E-state index in [0.717, 1.165) is 83.1 Å². The summed E-state index contributed by atoms with van der Waals surface area (Å²) in [4.78, 5) is 17.0. The monoisotopic (exact) mass is 798 g/mol. The lowest BCUT2D eigenvalue weighted by molar-refractivity contribution is 0.669. The van der Waals surface area contributed by atoms with Crippen molar-refractivity contribution in [2.24, 2.45) is 0 Å². The summed E-state index contributed by atoms with van der Waals surface area (Å²) in [6, 6.07) is 73.0. The van der Waals surface area contributed by atoms with E-state index in [9.17, 15) is 0 Å². The van der Waals surface area contributed by atoms with E-state index in [1.807, 2.05) is 18.2 Å². The van der Waals surface area contributed by atoms with Crippen LogP contribution in [0.3, 0.4) is 0 Å². The van der Waals surface area contributed by atoms with Gasteiger partial charge in [0.1, 0.15) is 28.2 Å². The van der Waals surface area contributed by atoms with Crippen LogP contribution < -0.4 is 21.0 Å². The van der Waals surface area contributed by atoms with Crippen molar-refractivity contribution < 1.29 is 4.42 Å². The summed E-state index contributed by atoms with van der Waals surface area (Å²) in [7, 11) is -3.39. The van der Waals surface area contributed by atoms with Crippen LogP contribution in [0.4, 0.5) is 0 Å². The lowest BCUT2D eigenvalue weighted by Crippen LogP contribution is -2.76. The van der Waals surface area contributed by atoms with E-state index in [1.54, 1.807) is 0 Å². The van der Waals surface area contributed by atoms with E-state index in [2.05, 4.69) is 202 Å². The molecule has 0 fully saturated rings. The van der Waals surface area contributed by atoms with Crippen molar-refractivity contribution in [3.63, 3.8) is 0 Å². The number of fused-ring (bicyclic) bond motifs is 11. The SMILES string of the molecule is c1ccc([Si](c2ccccc2)(c2ccc3oc4ccccc4c3c2)c2nc(-n3c4ccccc4c4ccccc43)cc(-n3c4ccccc4n4c5ccccc5nc34)n2)cc1. The van der Waals surface area contributed by atoms with E-state index in [4.69, 9.17) is 19.4 Å². The Kier molecular flexibility index (Phi) is 7.19. The molecule has 13 rings (SSSR count).